The van der Waals surface area contributed by atoms with E-state index in [2.05, 4.69) is 55.5 Å². The molecule has 0 radical (unpaired) electrons. The zero-order chi connectivity index (χ0) is 15.6. The van der Waals surface area contributed by atoms with Crippen LogP contribution in [0.5, 0.6) is 0 Å². The van der Waals surface area contributed by atoms with E-state index in [0.29, 0.717) is 0 Å². The van der Waals surface area contributed by atoms with Crippen LogP contribution in [-0.2, 0) is 0 Å². The van der Waals surface area contributed by atoms with Crippen molar-refractivity contribution in [1.82, 2.24) is 0 Å². The van der Waals surface area contributed by atoms with Gasteiger partial charge in [0.05, 0.1) is 6.10 Å². The number of allylic oxidation sites excluding steroid dienone is 8. The van der Waals surface area contributed by atoms with Gasteiger partial charge in [0.2, 0.25) is 0 Å². The van der Waals surface area contributed by atoms with E-state index in [4.69, 9.17) is 5.11 Å². The van der Waals surface area contributed by atoms with Crippen molar-refractivity contribution >= 4 is 0 Å². The van der Waals surface area contributed by atoms with Gasteiger partial charge in [0.25, 0.3) is 0 Å². The van der Waals surface area contributed by atoms with Crippen LogP contribution in [0.4, 0.5) is 0 Å². The third-order valence-electron chi connectivity index (χ3n) is 3.21. The average Bonchev–Trinajstić information content (AvgIpc) is 2.46. The molecule has 1 unspecified atom stereocenters. The van der Waals surface area contributed by atoms with Gasteiger partial charge in [-0.25, -0.2) is 0 Å². The molecule has 0 saturated heterocycles. The van der Waals surface area contributed by atoms with Crippen LogP contribution in [0, 0.1) is 0 Å². The van der Waals surface area contributed by atoms with Gasteiger partial charge in [-0.15, -0.1) is 0 Å². The molecule has 0 aromatic carbocycles. The second kappa shape index (κ2) is 17.0. The zero-order valence-electron chi connectivity index (χ0n) is 14.0. The molecule has 0 aromatic heterocycles. The first-order valence-corrected chi connectivity index (χ1v) is 8.55. The predicted molar refractivity (Wildman–Crippen MR) is 95.5 cm³/mol. The normalized spacial score (nSPS) is 14.2. The second-order valence-corrected chi connectivity index (χ2v) is 5.51. The fourth-order valence-corrected chi connectivity index (χ4v) is 1.90. The minimum absolute atomic E-state index is 0.184. The number of hydrogen-bond acceptors (Lipinski definition) is 1. The summed E-state index contributed by atoms with van der Waals surface area (Å²) in [6, 6.07) is 0. The number of aliphatic hydroxyl groups is 1. The van der Waals surface area contributed by atoms with Crippen molar-refractivity contribution in [2.45, 2.75) is 77.7 Å². The summed E-state index contributed by atoms with van der Waals surface area (Å²) in [6.07, 6.45) is 27.7. The third-order valence-corrected chi connectivity index (χ3v) is 3.21. The lowest BCUT2D eigenvalue weighted by Crippen LogP contribution is -1.96. The molecule has 0 spiro atoms. The lowest BCUT2D eigenvalue weighted by Gasteiger charge is -1.97. The van der Waals surface area contributed by atoms with Crippen LogP contribution in [0.1, 0.15) is 71.6 Å². The highest BCUT2D eigenvalue weighted by molar-refractivity contribution is 4.99. The van der Waals surface area contributed by atoms with Crippen LogP contribution in [0.3, 0.4) is 0 Å². The maximum atomic E-state index is 9.11. The summed E-state index contributed by atoms with van der Waals surface area (Å²) in [5.41, 5.74) is 0. The van der Waals surface area contributed by atoms with Crippen molar-refractivity contribution in [3.63, 3.8) is 0 Å². The average molecular weight is 290 g/mol. The Morgan fingerprint density at radius 1 is 0.714 bits per heavy atom. The van der Waals surface area contributed by atoms with Crippen molar-refractivity contribution in [3.8, 4) is 0 Å². The molecule has 0 aliphatic carbocycles. The Balaban J connectivity index is 3.39. The molecule has 1 heteroatoms. The number of unbranched alkanes of at least 4 members (excludes halogenated alkanes) is 3. The lowest BCUT2D eigenvalue weighted by atomic mass is 10.2. The smallest absolute Gasteiger partial charge is 0.0515 e. The van der Waals surface area contributed by atoms with Crippen molar-refractivity contribution in [2.75, 3.05) is 0 Å². The molecule has 0 aliphatic heterocycles. The standard InChI is InChI=1S/C20H34O/c1-3-4-5-6-7-8-9-10-11-12-13-14-15-16-17-18-19-20(2)21/h7-8,10-11,13-14,16-17,20-21H,3-6,9,12,15,18-19H2,1-2H3. The van der Waals surface area contributed by atoms with E-state index in [1.165, 1.54) is 25.7 Å². The van der Waals surface area contributed by atoms with Crippen LogP contribution in [0.15, 0.2) is 48.6 Å². The number of hydrogen-bond donors (Lipinski definition) is 1. The molecule has 1 N–H and O–H groups in total. The van der Waals surface area contributed by atoms with Crippen molar-refractivity contribution in [3.05, 3.63) is 48.6 Å². The molecule has 21 heavy (non-hydrogen) atoms. The highest BCUT2D eigenvalue weighted by Crippen LogP contribution is 2.01. The number of aliphatic hydroxyl groups excluding tert-OH is 1. The van der Waals surface area contributed by atoms with Gasteiger partial charge in [-0.2, -0.15) is 0 Å². The quantitative estimate of drug-likeness (QED) is 0.320. The van der Waals surface area contributed by atoms with Crippen LogP contribution in [-0.4, -0.2) is 11.2 Å². The van der Waals surface area contributed by atoms with E-state index in [0.717, 1.165) is 32.1 Å². The minimum Gasteiger partial charge on any atom is -0.393 e. The van der Waals surface area contributed by atoms with Crippen LogP contribution in [0.25, 0.3) is 0 Å². The van der Waals surface area contributed by atoms with Crippen LogP contribution < -0.4 is 0 Å². The zero-order valence-corrected chi connectivity index (χ0v) is 14.0. The summed E-state index contributed by atoms with van der Waals surface area (Å²) in [7, 11) is 0. The van der Waals surface area contributed by atoms with Gasteiger partial charge in [-0.05, 0) is 51.9 Å². The molecule has 0 aromatic rings. The highest BCUT2D eigenvalue weighted by Gasteiger charge is 1.90. The predicted octanol–water partition coefficient (Wildman–Crippen LogP) is 6.12. The molecule has 1 nitrogen and oxygen atoms in total. The Morgan fingerprint density at radius 2 is 1.19 bits per heavy atom. The Bertz CT molecular complexity index is 308. The van der Waals surface area contributed by atoms with Crippen molar-refractivity contribution in [2.24, 2.45) is 0 Å². The lowest BCUT2D eigenvalue weighted by molar-refractivity contribution is 0.186. The van der Waals surface area contributed by atoms with E-state index in [9.17, 15) is 0 Å². The Hall–Kier alpha value is -1.08. The molecule has 0 rings (SSSR count). The highest BCUT2D eigenvalue weighted by atomic mass is 16.3. The third kappa shape index (κ3) is 18.9. The van der Waals surface area contributed by atoms with E-state index in [1.54, 1.807) is 0 Å². The number of rotatable bonds is 13. The fraction of sp³-hybridized carbons (Fsp3) is 0.600. The minimum atomic E-state index is -0.184. The summed E-state index contributed by atoms with van der Waals surface area (Å²) in [4.78, 5) is 0. The first-order chi connectivity index (χ1) is 10.3. The first-order valence-electron chi connectivity index (χ1n) is 8.55. The molecule has 0 amide bonds. The van der Waals surface area contributed by atoms with Crippen LogP contribution >= 0.6 is 0 Å². The largest absolute Gasteiger partial charge is 0.393 e. The van der Waals surface area contributed by atoms with Crippen LogP contribution in [0.2, 0.25) is 0 Å². The molecule has 0 aliphatic rings. The first kappa shape index (κ1) is 19.9. The van der Waals surface area contributed by atoms with Gasteiger partial charge in [-0.1, -0.05) is 68.4 Å². The maximum Gasteiger partial charge on any atom is 0.0515 e. The summed E-state index contributed by atoms with van der Waals surface area (Å²) in [6.45, 7) is 4.08. The van der Waals surface area contributed by atoms with Crippen molar-refractivity contribution in [1.29, 1.82) is 0 Å². The summed E-state index contributed by atoms with van der Waals surface area (Å²) in [5.74, 6) is 0. The topological polar surface area (TPSA) is 20.2 Å². The molecular weight excluding hydrogens is 256 g/mol. The molecule has 0 saturated carbocycles. The Labute approximate surface area is 132 Å². The second-order valence-electron chi connectivity index (χ2n) is 5.51. The van der Waals surface area contributed by atoms with Gasteiger partial charge in [0.1, 0.15) is 0 Å². The summed E-state index contributed by atoms with van der Waals surface area (Å²) in [5, 5.41) is 9.11. The van der Waals surface area contributed by atoms with Gasteiger partial charge >= 0.3 is 0 Å². The molecule has 1 atom stereocenters. The molecule has 0 heterocycles. The maximum absolute atomic E-state index is 9.11. The Kier molecular flexibility index (Phi) is 16.1. The SMILES string of the molecule is CCCCCC=CCC=CCC=CCC=CCCC(C)O. The van der Waals surface area contributed by atoms with Gasteiger partial charge < -0.3 is 5.11 Å². The van der Waals surface area contributed by atoms with E-state index >= 15 is 0 Å². The van der Waals surface area contributed by atoms with E-state index < -0.39 is 0 Å². The van der Waals surface area contributed by atoms with E-state index in [-0.39, 0.29) is 6.10 Å². The molecule has 0 bridgehead atoms. The Morgan fingerprint density at radius 3 is 1.67 bits per heavy atom. The summed E-state index contributed by atoms with van der Waals surface area (Å²) < 4.78 is 0. The van der Waals surface area contributed by atoms with Gasteiger partial charge in [-0.3, -0.25) is 0 Å². The monoisotopic (exact) mass is 290 g/mol. The fourth-order valence-electron chi connectivity index (χ4n) is 1.90. The van der Waals surface area contributed by atoms with Crippen molar-refractivity contribution < 1.29 is 5.11 Å². The van der Waals surface area contributed by atoms with E-state index in [1.807, 2.05) is 6.92 Å². The summed E-state index contributed by atoms with van der Waals surface area (Å²) >= 11 is 0. The molecular formula is C20H34O. The van der Waals surface area contributed by atoms with Gasteiger partial charge in [0.15, 0.2) is 0 Å². The molecule has 120 valence electrons. The molecule has 0 fully saturated rings. The van der Waals surface area contributed by atoms with Gasteiger partial charge in [0, 0.05) is 0 Å².